The van der Waals surface area contributed by atoms with Gasteiger partial charge >= 0.3 is 18.1 Å². The molecule has 0 radical (unpaired) electrons. The molecule has 0 bridgehead atoms. The van der Waals surface area contributed by atoms with Crippen molar-refractivity contribution in [3.05, 3.63) is 0 Å². The zero-order valence-corrected chi connectivity index (χ0v) is 16.3. The first kappa shape index (κ1) is 22.3. The predicted octanol–water partition coefficient (Wildman–Crippen LogP) is 2.94. The van der Waals surface area contributed by atoms with E-state index in [4.69, 9.17) is 49.0 Å². The molecule has 0 aromatic rings. The topological polar surface area (TPSA) is 83.4 Å². The maximum Gasteiger partial charge on any atom is 0.400 e. The average Bonchev–Trinajstić information content (AvgIpc) is 2.93. The number of halogens is 6. The Hall–Kier alpha value is -0.970. The van der Waals surface area contributed by atoms with Crippen molar-refractivity contribution < 1.29 is 41.7 Å². The Morgan fingerprint density at radius 1 is 1.22 bits per heavy atom. The van der Waals surface area contributed by atoms with Crippen LogP contribution in [0.2, 0.25) is 0 Å². The van der Waals surface area contributed by atoms with Crippen LogP contribution in [0.5, 0.6) is 0 Å². The summed E-state index contributed by atoms with van der Waals surface area (Å²) in [4.78, 5) is 25.9. The van der Waals surface area contributed by atoms with Crippen molar-refractivity contribution in [3.63, 3.8) is 0 Å². The van der Waals surface area contributed by atoms with Gasteiger partial charge in [-0.3, -0.25) is 9.59 Å². The van der Waals surface area contributed by atoms with Gasteiger partial charge in [0, 0.05) is 13.8 Å². The van der Waals surface area contributed by atoms with Gasteiger partial charge in [0.05, 0.1) is 6.10 Å². The highest BCUT2D eigenvalue weighted by molar-refractivity contribution is 6.76. The molecule has 13 heteroatoms. The van der Waals surface area contributed by atoms with E-state index in [9.17, 15) is 22.8 Å². The van der Waals surface area contributed by atoms with Gasteiger partial charge in [-0.2, -0.15) is 13.2 Å². The molecule has 2 rings (SSSR count). The number of rotatable bonds is 4. The highest BCUT2D eigenvalue weighted by Gasteiger charge is 2.68. The lowest BCUT2D eigenvalue weighted by Gasteiger charge is -2.45. The van der Waals surface area contributed by atoms with Gasteiger partial charge in [-0.05, 0) is 6.42 Å². The van der Waals surface area contributed by atoms with E-state index in [0.717, 1.165) is 13.8 Å². The minimum atomic E-state index is -4.89. The first-order chi connectivity index (χ1) is 12.3. The van der Waals surface area contributed by atoms with Gasteiger partial charge in [0.2, 0.25) is 12.2 Å². The van der Waals surface area contributed by atoms with Gasteiger partial charge in [0.1, 0.15) is 24.7 Å². The van der Waals surface area contributed by atoms with Crippen LogP contribution in [0.4, 0.5) is 13.2 Å². The van der Waals surface area contributed by atoms with Crippen molar-refractivity contribution in [2.75, 3.05) is 13.2 Å². The smallest absolute Gasteiger partial charge is 0.400 e. The van der Waals surface area contributed by atoms with Crippen LogP contribution in [0.3, 0.4) is 0 Å². The molecule has 0 amide bonds. The number of nitrogens with zero attached hydrogens (tertiary/aromatic N) is 1. The quantitative estimate of drug-likeness (QED) is 0.478. The van der Waals surface area contributed by atoms with Crippen molar-refractivity contribution in [1.82, 2.24) is 0 Å². The number of aliphatic imine (C=N–C) groups is 1. The Morgan fingerprint density at radius 2 is 1.81 bits per heavy atom. The van der Waals surface area contributed by atoms with Crippen LogP contribution < -0.4 is 0 Å². The van der Waals surface area contributed by atoms with E-state index in [1.165, 1.54) is 0 Å². The highest BCUT2D eigenvalue weighted by Crippen LogP contribution is 2.53. The second-order valence-electron chi connectivity index (χ2n) is 6.06. The van der Waals surface area contributed by atoms with E-state index < -0.39 is 71.3 Å². The molecule has 0 aliphatic carbocycles. The van der Waals surface area contributed by atoms with E-state index in [1.807, 2.05) is 0 Å². The van der Waals surface area contributed by atoms with Crippen molar-refractivity contribution in [3.8, 4) is 0 Å². The summed E-state index contributed by atoms with van der Waals surface area (Å²) in [6.07, 6.45) is -8.38. The normalized spacial score (nSPS) is 30.8. The molecule has 0 N–H and O–H groups in total. The summed E-state index contributed by atoms with van der Waals surface area (Å²) >= 11 is 17.0. The van der Waals surface area contributed by atoms with E-state index in [1.54, 1.807) is 0 Å². The summed E-state index contributed by atoms with van der Waals surface area (Å²) in [5.41, 5.74) is -2.69. The van der Waals surface area contributed by atoms with Crippen LogP contribution in [0, 0.1) is 5.41 Å². The molecular weight excluding hydrogens is 442 g/mol. The summed E-state index contributed by atoms with van der Waals surface area (Å²) in [7, 11) is 0. The maximum atomic E-state index is 14.1. The third-order valence-electron chi connectivity index (χ3n) is 4.04. The van der Waals surface area contributed by atoms with E-state index in [-0.39, 0.29) is 0 Å². The molecule has 0 aromatic heterocycles. The third kappa shape index (κ3) is 4.90. The summed E-state index contributed by atoms with van der Waals surface area (Å²) in [5.74, 6) is -2.20. The molecule has 0 spiro atoms. The first-order valence-corrected chi connectivity index (χ1v) is 8.70. The minimum absolute atomic E-state index is 0.469. The molecule has 154 valence electrons. The molecule has 27 heavy (non-hydrogen) atoms. The number of fused-ring (bicyclic) bond motifs is 1. The Bertz CT molecular complexity index is 639. The van der Waals surface area contributed by atoms with Crippen LogP contribution in [0.1, 0.15) is 20.3 Å². The van der Waals surface area contributed by atoms with Crippen molar-refractivity contribution in [2.45, 2.75) is 48.7 Å². The zero-order chi connectivity index (χ0) is 20.6. The molecule has 2 heterocycles. The lowest BCUT2D eigenvalue weighted by atomic mass is 9.73. The Balaban J connectivity index is 2.43. The predicted molar refractivity (Wildman–Crippen MR) is 87.6 cm³/mol. The summed E-state index contributed by atoms with van der Waals surface area (Å²) in [6, 6.07) is -1.68. The summed E-state index contributed by atoms with van der Waals surface area (Å²) < 4.78 is 60.1. The second-order valence-corrected chi connectivity index (χ2v) is 8.34. The molecule has 2 aliphatic rings. The lowest BCUT2D eigenvalue weighted by Crippen LogP contribution is -2.60. The molecule has 7 nitrogen and oxygen atoms in total. The van der Waals surface area contributed by atoms with Crippen LogP contribution in [-0.2, 0) is 28.5 Å². The molecule has 2 aliphatic heterocycles. The van der Waals surface area contributed by atoms with Gasteiger partial charge in [-0.25, -0.2) is 4.99 Å². The Labute approximate surface area is 167 Å². The third-order valence-corrected chi connectivity index (χ3v) is 4.52. The number of hydrogen-bond acceptors (Lipinski definition) is 7. The molecular formula is C14H15Cl3F3NO6. The van der Waals surface area contributed by atoms with Crippen molar-refractivity contribution in [2.24, 2.45) is 10.4 Å². The largest absolute Gasteiger partial charge is 0.465 e. The fourth-order valence-corrected chi connectivity index (χ4v) is 3.11. The number of carbonyl (C=O) groups excluding carboxylic acids is 2. The minimum Gasteiger partial charge on any atom is -0.465 e. The number of carbonyl (C=O) groups is 2. The van der Waals surface area contributed by atoms with Gasteiger partial charge in [-0.15, -0.1) is 0 Å². The number of esters is 2. The Morgan fingerprint density at radius 3 is 2.30 bits per heavy atom. The van der Waals surface area contributed by atoms with Crippen LogP contribution >= 0.6 is 34.8 Å². The standard InChI is InChI=1S/C14H15Cl3F3NO6/c1-6(22)24-4-8-3-12(14(18,19)20,5-25-7(2)23)9-10(26-8)27-11(21-9)13(15,16)17/h8-10H,3-5H2,1-2H3/t8?,9?,10-,12?/m1/s1. The van der Waals surface area contributed by atoms with Gasteiger partial charge in [0.15, 0.2) is 0 Å². The van der Waals surface area contributed by atoms with Gasteiger partial charge in [-0.1, -0.05) is 34.8 Å². The number of ether oxygens (including phenoxy) is 4. The molecule has 0 saturated carbocycles. The van der Waals surface area contributed by atoms with Crippen LogP contribution in [0.15, 0.2) is 4.99 Å². The summed E-state index contributed by atoms with van der Waals surface area (Å²) in [6.45, 7) is 0.547. The van der Waals surface area contributed by atoms with Gasteiger partial charge in [0.25, 0.3) is 3.79 Å². The number of hydrogen-bond donors (Lipinski definition) is 0. The van der Waals surface area contributed by atoms with Gasteiger partial charge < -0.3 is 18.9 Å². The van der Waals surface area contributed by atoms with E-state index >= 15 is 0 Å². The SMILES string of the molecule is CC(=O)OCC1CC(COC(C)=O)(C(F)(F)F)C2N=C(C(Cl)(Cl)Cl)O[C@H]2O1. The molecule has 1 saturated heterocycles. The highest BCUT2D eigenvalue weighted by atomic mass is 35.6. The van der Waals surface area contributed by atoms with Crippen molar-refractivity contribution in [1.29, 1.82) is 0 Å². The molecule has 4 atom stereocenters. The average molecular weight is 457 g/mol. The van der Waals surface area contributed by atoms with Crippen molar-refractivity contribution >= 4 is 52.6 Å². The Kier molecular flexibility index (Phi) is 6.45. The zero-order valence-electron chi connectivity index (χ0n) is 14.0. The lowest BCUT2D eigenvalue weighted by molar-refractivity contribution is -0.304. The molecule has 1 fully saturated rings. The summed E-state index contributed by atoms with van der Waals surface area (Å²) in [5, 5.41) is 0. The van der Waals surface area contributed by atoms with E-state index in [2.05, 4.69) is 9.73 Å². The fraction of sp³-hybridized carbons (Fsp3) is 0.786. The molecule has 3 unspecified atom stereocenters. The number of alkyl halides is 6. The van der Waals surface area contributed by atoms with Crippen LogP contribution in [-0.4, -0.2) is 59.5 Å². The molecule has 0 aromatic carbocycles. The fourth-order valence-electron chi connectivity index (χ4n) is 2.83. The van der Waals surface area contributed by atoms with Crippen LogP contribution in [0.25, 0.3) is 0 Å². The van der Waals surface area contributed by atoms with E-state index in [0.29, 0.717) is 0 Å². The second kappa shape index (κ2) is 7.81. The maximum absolute atomic E-state index is 14.1. The monoisotopic (exact) mass is 455 g/mol. The first-order valence-electron chi connectivity index (χ1n) is 7.57.